The topological polar surface area (TPSA) is 92.8 Å². The molecule has 1 amide bonds. The minimum atomic E-state index is -0.410. The van der Waals surface area contributed by atoms with Gasteiger partial charge in [-0.05, 0) is 57.0 Å². The van der Waals surface area contributed by atoms with Gasteiger partial charge >= 0.3 is 5.97 Å². The van der Waals surface area contributed by atoms with Gasteiger partial charge in [0.15, 0.2) is 6.61 Å². The lowest BCUT2D eigenvalue weighted by molar-refractivity contribution is -0.123. The van der Waals surface area contributed by atoms with E-state index in [1.54, 1.807) is 39.0 Å². The Morgan fingerprint density at radius 1 is 1.30 bits per heavy atom. The molecule has 0 bridgehead atoms. The van der Waals surface area contributed by atoms with Gasteiger partial charge in [-0.1, -0.05) is 11.6 Å². The molecule has 0 unspecified atom stereocenters. The van der Waals surface area contributed by atoms with E-state index in [4.69, 9.17) is 21.1 Å². The number of carbonyl (C=O) groups is 2. The first-order chi connectivity index (χ1) is 12.8. The second-order valence-electron chi connectivity index (χ2n) is 5.88. The lowest BCUT2D eigenvalue weighted by atomic mass is 10.1. The number of aromatic nitrogens is 1. The van der Waals surface area contributed by atoms with Gasteiger partial charge in [-0.15, -0.1) is 0 Å². The zero-order chi connectivity index (χ0) is 20.0. The number of ether oxygens (including phenoxy) is 2. The third-order valence-corrected chi connectivity index (χ3v) is 4.07. The zero-order valence-electron chi connectivity index (χ0n) is 15.7. The van der Waals surface area contributed by atoms with Gasteiger partial charge in [0.05, 0.1) is 24.1 Å². The van der Waals surface area contributed by atoms with E-state index in [9.17, 15) is 9.59 Å². The normalized spacial score (nSPS) is 10.9. The highest BCUT2D eigenvalue weighted by Crippen LogP contribution is 2.21. The number of benzene rings is 1. The summed E-state index contributed by atoms with van der Waals surface area (Å²) < 4.78 is 10.5. The van der Waals surface area contributed by atoms with Crippen LogP contribution in [0, 0.1) is 20.8 Å². The average Bonchev–Trinajstić information content (AvgIpc) is 2.88. The number of rotatable bonds is 7. The van der Waals surface area contributed by atoms with Gasteiger partial charge in [0.25, 0.3) is 5.91 Å². The number of H-pyrrole nitrogens is 1. The van der Waals surface area contributed by atoms with Crippen LogP contribution >= 0.6 is 11.6 Å². The van der Waals surface area contributed by atoms with E-state index >= 15 is 0 Å². The maximum absolute atomic E-state index is 12.0. The largest absolute Gasteiger partial charge is 0.483 e. The predicted molar refractivity (Wildman–Crippen MR) is 104 cm³/mol. The standard InChI is InChI=1S/C19H22ClN3O4/c1-5-26-19(25)18-12(3)15(22-13(18)4)9-21-23-17(24)10-27-16-7-6-14(20)8-11(16)2/h6-9,22H,5,10H2,1-4H3,(H,23,24)/b21-9+. The summed E-state index contributed by atoms with van der Waals surface area (Å²) in [5.74, 6) is -0.222. The molecule has 0 saturated carbocycles. The third kappa shape index (κ3) is 5.34. The second kappa shape index (κ2) is 9.23. The molecule has 0 aliphatic rings. The number of nitrogens with zero attached hydrogens (tertiary/aromatic N) is 1. The number of halogens is 1. The Kier molecular flexibility index (Phi) is 7.01. The van der Waals surface area contributed by atoms with Crippen LogP contribution in [0.3, 0.4) is 0 Å². The summed E-state index contributed by atoms with van der Waals surface area (Å²) in [5, 5.41) is 4.51. The molecule has 1 aromatic heterocycles. The van der Waals surface area contributed by atoms with Crippen molar-refractivity contribution in [2.75, 3.05) is 13.2 Å². The van der Waals surface area contributed by atoms with Gasteiger partial charge in [-0.3, -0.25) is 4.79 Å². The summed E-state index contributed by atoms with van der Waals surface area (Å²) in [4.78, 5) is 26.9. The molecule has 0 radical (unpaired) electrons. The molecule has 2 N–H and O–H groups in total. The van der Waals surface area contributed by atoms with Crippen molar-refractivity contribution in [3.8, 4) is 5.75 Å². The molecule has 27 heavy (non-hydrogen) atoms. The van der Waals surface area contributed by atoms with Crippen LogP contribution in [0.5, 0.6) is 5.75 Å². The third-order valence-electron chi connectivity index (χ3n) is 3.83. The molecule has 0 fully saturated rings. The fourth-order valence-electron chi connectivity index (χ4n) is 2.53. The van der Waals surface area contributed by atoms with Crippen LogP contribution in [-0.2, 0) is 9.53 Å². The van der Waals surface area contributed by atoms with E-state index in [0.717, 1.165) is 5.56 Å². The molecule has 8 heteroatoms. The van der Waals surface area contributed by atoms with Crippen molar-refractivity contribution in [1.29, 1.82) is 0 Å². The maximum Gasteiger partial charge on any atom is 0.340 e. The Bertz CT molecular complexity index is 874. The lowest BCUT2D eigenvalue weighted by Gasteiger charge is -2.08. The van der Waals surface area contributed by atoms with Crippen LogP contribution in [0.2, 0.25) is 5.02 Å². The lowest BCUT2D eigenvalue weighted by Crippen LogP contribution is -2.24. The molecular formula is C19H22ClN3O4. The highest BCUT2D eigenvalue weighted by atomic mass is 35.5. The highest BCUT2D eigenvalue weighted by Gasteiger charge is 2.18. The first-order valence-corrected chi connectivity index (χ1v) is 8.78. The van der Waals surface area contributed by atoms with E-state index in [1.165, 1.54) is 6.21 Å². The number of hydrogen-bond acceptors (Lipinski definition) is 5. The summed E-state index contributed by atoms with van der Waals surface area (Å²) in [6.45, 7) is 7.27. The monoisotopic (exact) mass is 391 g/mol. The van der Waals surface area contributed by atoms with Crippen molar-refractivity contribution in [3.63, 3.8) is 0 Å². The number of nitrogens with one attached hydrogen (secondary N) is 2. The molecule has 0 saturated heterocycles. The fourth-order valence-corrected chi connectivity index (χ4v) is 2.76. The van der Waals surface area contributed by atoms with Gasteiger partial charge in [0.2, 0.25) is 0 Å². The summed E-state index contributed by atoms with van der Waals surface area (Å²) in [7, 11) is 0. The second-order valence-corrected chi connectivity index (χ2v) is 6.31. The van der Waals surface area contributed by atoms with E-state index in [-0.39, 0.29) is 12.6 Å². The Balaban J connectivity index is 1.94. The van der Waals surface area contributed by atoms with Crippen LogP contribution in [-0.4, -0.2) is 36.3 Å². The minimum absolute atomic E-state index is 0.184. The maximum atomic E-state index is 12.0. The van der Waals surface area contributed by atoms with Crippen molar-refractivity contribution in [3.05, 3.63) is 51.3 Å². The van der Waals surface area contributed by atoms with Crippen molar-refractivity contribution in [2.24, 2.45) is 5.10 Å². The van der Waals surface area contributed by atoms with Crippen molar-refractivity contribution in [2.45, 2.75) is 27.7 Å². The van der Waals surface area contributed by atoms with Gasteiger partial charge in [0, 0.05) is 10.7 Å². The number of esters is 1. The molecule has 1 heterocycles. The Morgan fingerprint density at radius 3 is 2.70 bits per heavy atom. The number of hydrazone groups is 1. The van der Waals surface area contributed by atoms with E-state index in [1.807, 2.05) is 6.92 Å². The van der Waals surface area contributed by atoms with Crippen LogP contribution in [0.1, 0.15) is 39.8 Å². The summed E-state index contributed by atoms with van der Waals surface area (Å²) in [5.41, 5.74) is 5.70. The van der Waals surface area contributed by atoms with Crippen molar-refractivity contribution < 1.29 is 19.1 Å². The molecule has 144 valence electrons. The summed E-state index contributed by atoms with van der Waals surface area (Å²) >= 11 is 5.88. The van der Waals surface area contributed by atoms with Gasteiger partial charge in [0.1, 0.15) is 5.75 Å². The summed E-state index contributed by atoms with van der Waals surface area (Å²) in [6.07, 6.45) is 1.44. The smallest absolute Gasteiger partial charge is 0.340 e. The zero-order valence-corrected chi connectivity index (χ0v) is 16.4. The van der Waals surface area contributed by atoms with E-state index in [2.05, 4.69) is 15.5 Å². The van der Waals surface area contributed by atoms with Crippen molar-refractivity contribution in [1.82, 2.24) is 10.4 Å². The predicted octanol–water partition coefficient (Wildman–Crippen LogP) is 3.30. The van der Waals surface area contributed by atoms with Crippen molar-refractivity contribution >= 4 is 29.7 Å². The Hall–Kier alpha value is -2.80. The van der Waals surface area contributed by atoms with Gasteiger partial charge < -0.3 is 14.5 Å². The average molecular weight is 392 g/mol. The fraction of sp³-hybridized carbons (Fsp3) is 0.316. The number of hydrogen-bond donors (Lipinski definition) is 2. The first-order valence-electron chi connectivity index (χ1n) is 8.40. The molecular weight excluding hydrogens is 370 g/mol. The molecule has 2 aromatic rings. The molecule has 2 rings (SSSR count). The highest BCUT2D eigenvalue weighted by molar-refractivity contribution is 6.30. The molecule has 1 aromatic carbocycles. The summed E-state index contributed by atoms with van der Waals surface area (Å²) in [6, 6.07) is 5.15. The first kappa shape index (κ1) is 20.5. The quantitative estimate of drug-likeness (QED) is 0.430. The minimum Gasteiger partial charge on any atom is -0.483 e. The van der Waals surface area contributed by atoms with Crippen LogP contribution in [0.15, 0.2) is 23.3 Å². The molecule has 0 aliphatic heterocycles. The van der Waals surface area contributed by atoms with Gasteiger partial charge in [-0.25, -0.2) is 10.2 Å². The number of aryl methyl sites for hydroxylation is 2. The molecule has 0 aliphatic carbocycles. The number of amides is 1. The van der Waals surface area contributed by atoms with E-state index < -0.39 is 5.91 Å². The molecule has 0 atom stereocenters. The number of carbonyl (C=O) groups excluding carboxylic acids is 2. The Morgan fingerprint density at radius 2 is 2.04 bits per heavy atom. The molecule has 7 nitrogen and oxygen atoms in total. The SMILES string of the molecule is CCOC(=O)c1c(C)[nH]c(/C=N/NC(=O)COc2ccc(Cl)cc2C)c1C. The molecule has 0 spiro atoms. The van der Waals surface area contributed by atoms with Crippen LogP contribution in [0.25, 0.3) is 0 Å². The van der Waals surface area contributed by atoms with E-state index in [0.29, 0.717) is 39.9 Å². The number of aromatic amines is 1. The Labute approximate surface area is 162 Å². The van der Waals surface area contributed by atoms with Crippen LogP contribution in [0.4, 0.5) is 0 Å². The van der Waals surface area contributed by atoms with Gasteiger partial charge in [-0.2, -0.15) is 5.10 Å². The van der Waals surface area contributed by atoms with Crippen LogP contribution < -0.4 is 10.2 Å².